The Bertz CT molecular complexity index is 418. The molecule has 1 N–H and O–H groups in total. The van der Waals surface area contributed by atoms with Gasteiger partial charge in [0.1, 0.15) is 6.04 Å². The molecular formula is C14H18BrNO2. The van der Waals surface area contributed by atoms with Gasteiger partial charge in [0.2, 0.25) is 0 Å². The topological polar surface area (TPSA) is 38.3 Å². The van der Waals surface area contributed by atoms with Crippen molar-refractivity contribution < 1.29 is 9.53 Å². The molecule has 1 aromatic rings. The van der Waals surface area contributed by atoms with Crippen LogP contribution in [0.1, 0.15) is 31.4 Å². The molecule has 0 aliphatic heterocycles. The van der Waals surface area contributed by atoms with E-state index in [1.807, 2.05) is 31.2 Å². The minimum atomic E-state index is -0.358. The maximum atomic E-state index is 12.0. The van der Waals surface area contributed by atoms with Crippen molar-refractivity contribution in [1.82, 2.24) is 5.32 Å². The third-order valence-electron chi connectivity index (χ3n) is 3.01. The third-order valence-corrected chi connectivity index (χ3v) is 3.51. The smallest absolute Gasteiger partial charge is 0.327 e. The van der Waals surface area contributed by atoms with Crippen molar-refractivity contribution in [2.75, 3.05) is 13.2 Å². The van der Waals surface area contributed by atoms with Gasteiger partial charge >= 0.3 is 5.97 Å². The van der Waals surface area contributed by atoms with E-state index in [9.17, 15) is 4.79 Å². The highest BCUT2D eigenvalue weighted by Gasteiger charge is 2.26. The third kappa shape index (κ3) is 3.82. The standard InChI is InChI=1S/C14H18BrNO2/c1-2-18-14(17)13(16-9-10-6-7-10)11-4-3-5-12(15)8-11/h3-5,8,10,13,16H,2,6-7,9H2,1H3. The summed E-state index contributed by atoms with van der Waals surface area (Å²) in [6.07, 6.45) is 2.53. The fourth-order valence-electron chi connectivity index (χ4n) is 1.86. The van der Waals surface area contributed by atoms with Crippen LogP contribution in [0.2, 0.25) is 0 Å². The molecule has 1 aromatic carbocycles. The van der Waals surface area contributed by atoms with E-state index in [1.165, 1.54) is 12.8 Å². The van der Waals surface area contributed by atoms with Crippen LogP contribution in [0.4, 0.5) is 0 Å². The highest BCUT2D eigenvalue weighted by Crippen LogP contribution is 2.29. The summed E-state index contributed by atoms with van der Waals surface area (Å²) in [7, 11) is 0. The zero-order valence-corrected chi connectivity index (χ0v) is 12.1. The molecule has 1 saturated carbocycles. The van der Waals surface area contributed by atoms with Gasteiger partial charge in [0.05, 0.1) is 6.61 Å². The summed E-state index contributed by atoms with van der Waals surface area (Å²) in [5.74, 6) is 0.533. The Morgan fingerprint density at radius 3 is 2.94 bits per heavy atom. The molecule has 1 aliphatic carbocycles. The maximum absolute atomic E-state index is 12.0. The van der Waals surface area contributed by atoms with Crippen molar-refractivity contribution in [1.29, 1.82) is 0 Å². The molecule has 4 heteroatoms. The molecule has 1 atom stereocenters. The van der Waals surface area contributed by atoms with Crippen LogP contribution in [-0.4, -0.2) is 19.1 Å². The van der Waals surface area contributed by atoms with Gasteiger partial charge in [0.15, 0.2) is 0 Å². The number of halogens is 1. The Hall–Kier alpha value is -0.870. The Morgan fingerprint density at radius 1 is 1.56 bits per heavy atom. The fraction of sp³-hybridized carbons (Fsp3) is 0.500. The quantitative estimate of drug-likeness (QED) is 0.821. The minimum Gasteiger partial charge on any atom is -0.465 e. The lowest BCUT2D eigenvalue weighted by Gasteiger charge is -2.17. The van der Waals surface area contributed by atoms with Gasteiger partial charge in [-0.3, -0.25) is 0 Å². The first-order valence-corrected chi connectivity index (χ1v) is 7.15. The summed E-state index contributed by atoms with van der Waals surface area (Å²) in [4.78, 5) is 12.0. The molecule has 0 saturated heterocycles. The average molecular weight is 312 g/mol. The monoisotopic (exact) mass is 311 g/mol. The van der Waals surface area contributed by atoms with Crippen LogP contribution in [0.3, 0.4) is 0 Å². The Labute approximate surface area is 116 Å². The number of hydrogen-bond donors (Lipinski definition) is 1. The highest BCUT2D eigenvalue weighted by atomic mass is 79.9. The molecule has 3 nitrogen and oxygen atoms in total. The van der Waals surface area contributed by atoms with E-state index in [1.54, 1.807) is 0 Å². The molecule has 0 heterocycles. The normalized spacial score (nSPS) is 16.3. The lowest BCUT2D eigenvalue weighted by molar-refractivity contribution is -0.145. The summed E-state index contributed by atoms with van der Waals surface area (Å²) >= 11 is 3.43. The SMILES string of the molecule is CCOC(=O)C(NCC1CC1)c1cccc(Br)c1. The molecule has 2 rings (SSSR count). The van der Waals surface area contributed by atoms with Crippen LogP contribution in [0, 0.1) is 5.92 Å². The maximum Gasteiger partial charge on any atom is 0.327 e. The highest BCUT2D eigenvalue weighted by molar-refractivity contribution is 9.10. The van der Waals surface area contributed by atoms with Crippen molar-refractivity contribution >= 4 is 21.9 Å². The lowest BCUT2D eigenvalue weighted by atomic mass is 10.1. The van der Waals surface area contributed by atoms with E-state index in [2.05, 4.69) is 21.2 Å². The lowest BCUT2D eigenvalue weighted by Crippen LogP contribution is -2.31. The molecule has 0 amide bonds. The number of esters is 1. The van der Waals surface area contributed by atoms with Gasteiger partial charge in [-0.25, -0.2) is 4.79 Å². The average Bonchev–Trinajstić information content (AvgIpc) is 3.14. The number of nitrogens with one attached hydrogen (secondary N) is 1. The minimum absolute atomic E-state index is 0.198. The van der Waals surface area contributed by atoms with Crippen LogP contribution in [0.25, 0.3) is 0 Å². The zero-order chi connectivity index (χ0) is 13.0. The van der Waals surface area contributed by atoms with E-state index in [4.69, 9.17) is 4.74 Å². The predicted octanol–water partition coefficient (Wildman–Crippen LogP) is 3.05. The number of carbonyl (C=O) groups excluding carboxylic acids is 1. The van der Waals surface area contributed by atoms with Crippen molar-refractivity contribution in [2.45, 2.75) is 25.8 Å². The van der Waals surface area contributed by atoms with Crippen molar-refractivity contribution in [3.05, 3.63) is 34.3 Å². The second-order valence-corrected chi connectivity index (χ2v) is 5.51. The van der Waals surface area contributed by atoms with Crippen molar-refractivity contribution in [3.63, 3.8) is 0 Å². The summed E-state index contributed by atoms with van der Waals surface area (Å²) in [6.45, 7) is 3.13. The Balaban J connectivity index is 2.08. The van der Waals surface area contributed by atoms with Crippen LogP contribution in [0.5, 0.6) is 0 Å². The summed E-state index contributed by atoms with van der Waals surface area (Å²) in [5.41, 5.74) is 0.948. The van der Waals surface area contributed by atoms with Gasteiger partial charge in [-0.15, -0.1) is 0 Å². The fourth-order valence-corrected chi connectivity index (χ4v) is 2.27. The summed E-state index contributed by atoms with van der Waals surface area (Å²) in [6, 6.07) is 7.44. The van der Waals surface area contributed by atoms with Crippen molar-refractivity contribution in [3.8, 4) is 0 Å². The molecule has 98 valence electrons. The zero-order valence-electron chi connectivity index (χ0n) is 10.5. The summed E-state index contributed by atoms with van der Waals surface area (Å²) in [5, 5.41) is 3.31. The first kappa shape index (κ1) is 13.6. The number of carbonyl (C=O) groups is 1. The van der Waals surface area contributed by atoms with Gasteiger partial charge in [-0.2, -0.15) is 0 Å². The van der Waals surface area contributed by atoms with Gasteiger partial charge in [0.25, 0.3) is 0 Å². The Kier molecular flexibility index (Phi) is 4.78. The molecule has 0 aromatic heterocycles. The van der Waals surface area contributed by atoms with Crippen LogP contribution in [-0.2, 0) is 9.53 Å². The van der Waals surface area contributed by atoms with Crippen LogP contribution >= 0.6 is 15.9 Å². The van der Waals surface area contributed by atoms with E-state index in [-0.39, 0.29) is 12.0 Å². The molecule has 0 bridgehead atoms. The first-order valence-electron chi connectivity index (χ1n) is 6.36. The van der Waals surface area contributed by atoms with Gasteiger partial charge < -0.3 is 10.1 Å². The number of ether oxygens (including phenoxy) is 1. The molecule has 1 unspecified atom stereocenters. The van der Waals surface area contributed by atoms with E-state index in [0.717, 1.165) is 22.5 Å². The van der Waals surface area contributed by atoms with Crippen molar-refractivity contribution in [2.24, 2.45) is 5.92 Å². The summed E-state index contributed by atoms with van der Waals surface area (Å²) < 4.78 is 6.11. The number of benzene rings is 1. The van der Waals surface area contributed by atoms with Crippen LogP contribution in [0.15, 0.2) is 28.7 Å². The second kappa shape index (κ2) is 6.34. The number of hydrogen-bond acceptors (Lipinski definition) is 3. The van der Waals surface area contributed by atoms with Gasteiger partial charge in [-0.1, -0.05) is 28.1 Å². The molecule has 0 radical (unpaired) electrons. The second-order valence-electron chi connectivity index (χ2n) is 4.59. The predicted molar refractivity (Wildman–Crippen MR) is 74.2 cm³/mol. The number of rotatable bonds is 6. The van der Waals surface area contributed by atoms with E-state index < -0.39 is 0 Å². The Morgan fingerprint density at radius 2 is 2.33 bits per heavy atom. The molecule has 1 fully saturated rings. The van der Waals surface area contributed by atoms with Gasteiger partial charge in [-0.05, 0) is 49.9 Å². The molecule has 0 spiro atoms. The molecule has 18 heavy (non-hydrogen) atoms. The van der Waals surface area contributed by atoms with E-state index in [0.29, 0.717) is 6.61 Å². The molecular weight excluding hydrogens is 294 g/mol. The molecule has 1 aliphatic rings. The first-order chi connectivity index (χ1) is 8.70. The largest absolute Gasteiger partial charge is 0.465 e. The van der Waals surface area contributed by atoms with Gasteiger partial charge in [0, 0.05) is 4.47 Å². The van der Waals surface area contributed by atoms with E-state index >= 15 is 0 Å². The van der Waals surface area contributed by atoms with Crippen LogP contribution < -0.4 is 5.32 Å².